The molecule has 0 bridgehead atoms. The van der Waals surface area contributed by atoms with Crippen LogP contribution in [0.15, 0.2) is 54.6 Å². The molecule has 0 aliphatic carbocycles. The summed E-state index contributed by atoms with van der Waals surface area (Å²) in [7, 11) is 1.27. The molecule has 0 aromatic heterocycles. The van der Waals surface area contributed by atoms with Gasteiger partial charge in [0.2, 0.25) is 0 Å². The number of esters is 2. The highest BCUT2D eigenvalue weighted by molar-refractivity contribution is 6.01. The van der Waals surface area contributed by atoms with Gasteiger partial charge in [0.25, 0.3) is 5.91 Å². The molecule has 0 radical (unpaired) electrons. The van der Waals surface area contributed by atoms with E-state index in [1.165, 1.54) is 7.11 Å². The molecule has 2 aromatic carbocycles. The summed E-state index contributed by atoms with van der Waals surface area (Å²) in [6.07, 6.45) is 0.799. The third kappa shape index (κ3) is 5.42. The maximum absolute atomic E-state index is 12.6. The molecule has 148 valence electrons. The van der Waals surface area contributed by atoms with Crippen molar-refractivity contribution in [3.05, 3.63) is 65.7 Å². The number of ether oxygens (including phenoxy) is 2. The number of hydrogen-bond acceptors (Lipinski definition) is 5. The van der Waals surface area contributed by atoms with Crippen molar-refractivity contribution in [2.24, 2.45) is 5.92 Å². The van der Waals surface area contributed by atoms with Crippen LogP contribution >= 0.6 is 0 Å². The fraction of sp³-hybridized carbons (Fsp3) is 0.318. The molecule has 1 N–H and O–H groups in total. The maximum Gasteiger partial charge on any atom is 0.339 e. The van der Waals surface area contributed by atoms with Gasteiger partial charge in [-0.2, -0.15) is 0 Å². The van der Waals surface area contributed by atoms with Crippen molar-refractivity contribution in [2.45, 2.75) is 26.2 Å². The molecular weight excluding hydrogens is 358 g/mol. The Kier molecular flexibility index (Phi) is 7.75. The summed E-state index contributed by atoms with van der Waals surface area (Å²) in [4.78, 5) is 36.7. The van der Waals surface area contributed by atoms with Crippen molar-refractivity contribution in [3.8, 4) is 0 Å². The number of amides is 1. The number of nitrogens with one attached hydrogen (secondary N) is 1. The van der Waals surface area contributed by atoms with Crippen molar-refractivity contribution < 1.29 is 23.9 Å². The van der Waals surface area contributed by atoms with E-state index >= 15 is 0 Å². The lowest BCUT2D eigenvalue weighted by Crippen LogP contribution is -2.27. The zero-order chi connectivity index (χ0) is 20.5. The minimum atomic E-state index is -0.561. The predicted molar refractivity (Wildman–Crippen MR) is 106 cm³/mol. The topological polar surface area (TPSA) is 81.7 Å². The van der Waals surface area contributed by atoms with Crippen LogP contribution < -0.4 is 5.32 Å². The average molecular weight is 383 g/mol. The minimum Gasteiger partial charge on any atom is -0.465 e. The second-order valence-corrected chi connectivity index (χ2v) is 6.47. The molecule has 6 heteroatoms. The van der Waals surface area contributed by atoms with Crippen molar-refractivity contribution in [1.29, 1.82) is 0 Å². The van der Waals surface area contributed by atoms with Crippen LogP contribution in [-0.4, -0.2) is 31.6 Å². The Labute approximate surface area is 164 Å². The first-order valence-corrected chi connectivity index (χ1v) is 9.16. The van der Waals surface area contributed by atoms with E-state index < -0.39 is 30.4 Å². The molecule has 2 unspecified atom stereocenters. The standard InChI is InChI=1S/C22H25NO5/c1-4-15(2)20(16-10-6-5-7-11-16)22(26)28-14-19(24)23-18-13-9-8-12-17(18)21(25)27-3/h5-13,15,20H,4,14H2,1-3H3,(H,23,24). The second kappa shape index (κ2) is 10.3. The van der Waals surface area contributed by atoms with Gasteiger partial charge in [-0.1, -0.05) is 62.7 Å². The fourth-order valence-corrected chi connectivity index (χ4v) is 2.89. The van der Waals surface area contributed by atoms with Crippen LogP contribution in [0.2, 0.25) is 0 Å². The lowest BCUT2D eigenvalue weighted by atomic mass is 9.86. The molecule has 28 heavy (non-hydrogen) atoms. The Bertz CT molecular complexity index is 819. The second-order valence-electron chi connectivity index (χ2n) is 6.47. The van der Waals surface area contributed by atoms with Gasteiger partial charge in [0.15, 0.2) is 6.61 Å². The van der Waals surface area contributed by atoms with Crippen LogP contribution in [-0.2, 0) is 19.1 Å². The van der Waals surface area contributed by atoms with Gasteiger partial charge in [-0.15, -0.1) is 0 Å². The number of para-hydroxylation sites is 1. The highest BCUT2D eigenvalue weighted by Gasteiger charge is 2.28. The van der Waals surface area contributed by atoms with E-state index in [4.69, 9.17) is 9.47 Å². The summed E-state index contributed by atoms with van der Waals surface area (Å²) in [6, 6.07) is 15.9. The lowest BCUT2D eigenvalue weighted by Gasteiger charge is -2.21. The molecule has 0 fully saturated rings. The first-order valence-electron chi connectivity index (χ1n) is 9.16. The van der Waals surface area contributed by atoms with Gasteiger partial charge in [0, 0.05) is 0 Å². The van der Waals surface area contributed by atoms with Gasteiger partial charge in [-0.05, 0) is 23.6 Å². The van der Waals surface area contributed by atoms with Gasteiger partial charge in [0.1, 0.15) is 0 Å². The number of benzene rings is 2. The Morgan fingerprint density at radius 3 is 2.29 bits per heavy atom. The molecule has 2 rings (SSSR count). The van der Waals surface area contributed by atoms with Crippen molar-refractivity contribution >= 4 is 23.5 Å². The Balaban J connectivity index is 2.03. The van der Waals surface area contributed by atoms with E-state index in [1.54, 1.807) is 24.3 Å². The Morgan fingerprint density at radius 2 is 1.64 bits per heavy atom. The van der Waals surface area contributed by atoms with Gasteiger partial charge in [-0.3, -0.25) is 9.59 Å². The van der Waals surface area contributed by atoms with Crippen molar-refractivity contribution in [1.82, 2.24) is 0 Å². The van der Waals surface area contributed by atoms with Crippen LogP contribution in [0.3, 0.4) is 0 Å². The van der Waals surface area contributed by atoms with Crippen LogP contribution in [0, 0.1) is 5.92 Å². The molecule has 6 nitrogen and oxygen atoms in total. The molecular formula is C22H25NO5. The zero-order valence-electron chi connectivity index (χ0n) is 16.3. The van der Waals surface area contributed by atoms with E-state index in [-0.39, 0.29) is 11.5 Å². The molecule has 0 aliphatic heterocycles. The van der Waals surface area contributed by atoms with E-state index in [9.17, 15) is 14.4 Å². The quantitative estimate of drug-likeness (QED) is 0.702. The summed E-state index contributed by atoms with van der Waals surface area (Å²) in [5.74, 6) is -1.91. The molecule has 0 aliphatic rings. The lowest BCUT2D eigenvalue weighted by molar-refractivity contribution is -0.150. The van der Waals surface area contributed by atoms with Crippen LogP contribution in [0.4, 0.5) is 5.69 Å². The number of rotatable bonds is 8. The zero-order valence-corrected chi connectivity index (χ0v) is 16.3. The van der Waals surface area contributed by atoms with E-state index in [2.05, 4.69) is 5.32 Å². The fourth-order valence-electron chi connectivity index (χ4n) is 2.89. The summed E-state index contributed by atoms with van der Waals surface area (Å²) in [5.41, 5.74) is 1.39. The number of hydrogen-bond donors (Lipinski definition) is 1. The van der Waals surface area contributed by atoms with E-state index in [0.717, 1.165) is 12.0 Å². The Hall–Kier alpha value is -3.15. The largest absolute Gasteiger partial charge is 0.465 e. The molecule has 0 spiro atoms. The minimum absolute atomic E-state index is 0.0676. The van der Waals surface area contributed by atoms with Crippen LogP contribution in [0.5, 0.6) is 0 Å². The molecule has 0 saturated heterocycles. The van der Waals surface area contributed by atoms with Gasteiger partial charge in [-0.25, -0.2) is 4.79 Å². The van der Waals surface area contributed by atoms with E-state index in [1.807, 2.05) is 44.2 Å². The maximum atomic E-state index is 12.6. The third-order valence-corrected chi connectivity index (χ3v) is 4.58. The molecule has 0 heterocycles. The van der Waals surface area contributed by atoms with Crippen molar-refractivity contribution in [2.75, 3.05) is 19.0 Å². The van der Waals surface area contributed by atoms with E-state index in [0.29, 0.717) is 5.69 Å². The molecule has 0 saturated carbocycles. The monoisotopic (exact) mass is 383 g/mol. The van der Waals surface area contributed by atoms with Gasteiger partial charge in [0.05, 0.1) is 24.3 Å². The summed E-state index contributed by atoms with van der Waals surface area (Å²) in [5, 5.41) is 2.59. The van der Waals surface area contributed by atoms with Crippen LogP contribution in [0.25, 0.3) is 0 Å². The molecule has 2 aromatic rings. The number of anilines is 1. The molecule has 1 amide bonds. The van der Waals surface area contributed by atoms with Gasteiger partial charge >= 0.3 is 11.9 Å². The number of carbonyl (C=O) groups excluding carboxylic acids is 3. The molecule has 2 atom stereocenters. The average Bonchev–Trinajstić information content (AvgIpc) is 2.73. The first-order chi connectivity index (χ1) is 13.5. The predicted octanol–water partition coefficient (Wildman–Crippen LogP) is 3.78. The smallest absolute Gasteiger partial charge is 0.339 e. The number of methoxy groups -OCH3 is 1. The highest BCUT2D eigenvalue weighted by Crippen LogP contribution is 2.28. The van der Waals surface area contributed by atoms with Gasteiger partial charge < -0.3 is 14.8 Å². The highest BCUT2D eigenvalue weighted by atomic mass is 16.5. The summed E-state index contributed by atoms with van der Waals surface area (Å²) in [6.45, 7) is 3.55. The Morgan fingerprint density at radius 1 is 1.00 bits per heavy atom. The first kappa shape index (κ1) is 21.2. The summed E-state index contributed by atoms with van der Waals surface area (Å²) < 4.78 is 9.98. The van der Waals surface area contributed by atoms with Crippen LogP contribution in [0.1, 0.15) is 42.1 Å². The third-order valence-electron chi connectivity index (χ3n) is 4.58. The number of carbonyl (C=O) groups is 3. The normalized spacial score (nSPS) is 12.5. The van der Waals surface area contributed by atoms with Crippen molar-refractivity contribution in [3.63, 3.8) is 0 Å². The SMILES string of the molecule is CCC(C)C(C(=O)OCC(=O)Nc1ccccc1C(=O)OC)c1ccccc1. The summed E-state index contributed by atoms with van der Waals surface area (Å²) >= 11 is 0.